The maximum Gasteiger partial charge on any atom is 0.338 e. The second-order valence-electron chi connectivity index (χ2n) is 3.90. The lowest BCUT2D eigenvalue weighted by Gasteiger charge is -2.07. The molecule has 0 radical (unpaired) electrons. The first-order valence-corrected chi connectivity index (χ1v) is 6.21. The lowest BCUT2D eigenvalue weighted by molar-refractivity contribution is -0.139. The first-order valence-electron chi connectivity index (χ1n) is 6.21. The fourth-order valence-corrected chi connectivity index (χ4v) is 1.50. The Kier molecular flexibility index (Phi) is 5.79. The van der Waals surface area contributed by atoms with E-state index < -0.39 is 11.9 Å². The van der Waals surface area contributed by atoms with Crippen LogP contribution in [0.25, 0.3) is 5.57 Å². The van der Waals surface area contributed by atoms with Gasteiger partial charge in [-0.2, -0.15) is 0 Å². The maximum absolute atomic E-state index is 11.9. The molecule has 0 saturated carbocycles. The molecule has 0 aliphatic heterocycles. The summed E-state index contributed by atoms with van der Waals surface area (Å²) in [6, 6.07) is 7.29. The molecule has 4 nitrogen and oxygen atoms in total. The average Bonchev–Trinajstić information content (AvgIpc) is 2.38. The first kappa shape index (κ1) is 15.0. The van der Waals surface area contributed by atoms with E-state index in [9.17, 15) is 9.59 Å². The van der Waals surface area contributed by atoms with E-state index in [2.05, 4.69) is 0 Å². The van der Waals surface area contributed by atoms with Gasteiger partial charge >= 0.3 is 11.9 Å². The number of benzene rings is 1. The molecule has 1 rings (SSSR count). The number of hydrogen-bond acceptors (Lipinski definition) is 4. The third kappa shape index (κ3) is 4.58. The molecule has 0 spiro atoms. The maximum atomic E-state index is 11.9. The van der Waals surface area contributed by atoms with Crippen LogP contribution in [0, 0.1) is 6.92 Å². The van der Waals surface area contributed by atoms with Crippen LogP contribution in [0.1, 0.15) is 25.0 Å². The highest BCUT2D eigenvalue weighted by Gasteiger charge is 2.15. The van der Waals surface area contributed by atoms with Gasteiger partial charge in [-0.15, -0.1) is 0 Å². The Morgan fingerprint density at radius 2 is 1.63 bits per heavy atom. The summed E-state index contributed by atoms with van der Waals surface area (Å²) >= 11 is 0. The summed E-state index contributed by atoms with van der Waals surface area (Å²) in [6.45, 7) is 5.89. The van der Waals surface area contributed by atoms with Gasteiger partial charge in [-0.3, -0.25) is 0 Å². The minimum Gasteiger partial charge on any atom is -0.463 e. The summed E-state index contributed by atoms with van der Waals surface area (Å²) in [5, 5.41) is 0. The van der Waals surface area contributed by atoms with E-state index in [0.29, 0.717) is 5.56 Å². The summed E-state index contributed by atoms with van der Waals surface area (Å²) in [5.41, 5.74) is 1.92. The van der Waals surface area contributed by atoms with E-state index in [1.807, 2.05) is 19.1 Å². The van der Waals surface area contributed by atoms with Crippen molar-refractivity contribution in [3.8, 4) is 0 Å². The van der Waals surface area contributed by atoms with E-state index in [0.717, 1.165) is 5.56 Å². The fourth-order valence-electron chi connectivity index (χ4n) is 1.50. The molecule has 0 aliphatic rings. The molecule has 0 N–H and O–H groups in total. The van der Waals surface area contributed by atoms with Gasteiger partial charge in [-0.25, -0.2) is 9.59 Å². The van der Waals surface area contributed by atoms with Crippen molar-refractivity contribution in [3.05, 3.63) is 41.5 Å². The quantitative estimate of drug-likeness (QED) is 0.604. The van der Waals surface area contributed by atoms with Crippen LogP contribution in [0.4, 0.5) is 0 Å². The molecular formula is C15H18O4. The van der Waals surface area contributed by atoms with Crippen molar-refractivity contribution in [2.45, 2.75) is 20.8 Å². The molecule has 0 amide bonds. The van der Waals surface area contributed by atoms with Crippen molar-refractivity contribution in [1.29, 1.82) is 0 Å². The van der Waals surface area contributed by atoms with Gasteiger partial charge in [0.2, 0.25) is 0 Å². The van der Waals surface area contributed by atoms with Crippen molar-refractivity contribution in [2.24, 2.45) is 0 Å². The molecule has 0 heterocycles. The number of hydrogen-bond donors (Lipinski definition) is 0. The monoisotopic (exact) mass is 262 g/mol. The van der Waals surface area contributed by atoms with Gasteiger partial charge in [0.1, 0.15) is 0 Å². The van der Waals surface area contributed by atoms with E-state index in [4.69, 9.17) is 9.47 Å². The summed E-state index contributed by atoms with van der Waals surface area (Å²) in [5.74, 6) is -1.08. The van der Waals surface area contributed by atoms with Gasteiger partial charge in [-0.05, 0) is 26.3 Å². The molecule has 0 atom stereocenters. The molecular weight excluding hydrogens is 244 g/mol. The zero-order chi connectivity index (χ0) is 14.3. The van der Waals surface area contributed by atoms with Gasteiger partial charge in [0.25, 0.3) is 0 Å². The number of ether oxygens (including phenoxy) is 2. The molecule has 0 bridgehead atoms. The third-order valence-electron chi connectivity index (χ3n) is 2.41. The van der Waals surface area contributed by atoms with Crippen LogP contribution < -0.4 is 0 Å². The lowest BCUT2D eigenvalue weighted by atomic mass is 10.0. The van der Waals surface area contributed by atoms with Crippen LogP contribution in [-0.4, -0.2) is 25.2 Å². The molecule has 1 aromatic carbocycles. The average molecular weight is 262 g/mol. The standard InChI is InChI=1S/C15H18O4/c1-4-18-14(16)10-13(15(17)19-5-2)12-8-6-11(3)7-9-12/h6-10H,4-5H2,1-3H3. The van der Waals surface area contributed by atoms with E-state index >= 15 is 0 Å². The lowest BCUT2D eigenvalue weighted by Crippen LogP contribution is -2.10. The van der Waals surface area contributed by atoms with Gasteiger partial charge in [0.05, 0.1) is 18.8 Å². The number of aryl methyl sites for hydroxylation is 1. The van der Waals surface area contributed by atoms with Crippen LogP contribution in [0.3, 0.4) is 0 Å². The fraction of sp³-hybridized carbons (Fsp3) is 0.333. The van der Waals surface area contributed by atoms with Crippen molar-refractivity contribution in [3.63, 3.8) is 0 Å². The van der Waals surface area contributed by atoms with Crippen molar-refractivity contribution in [2.75, 3.05) is 13.2 Å². The van der Waals surface area contributed by atoms with Crippen LogP contribution in [0.5, 0.6) is 0 Å². The Morgan fingerprint density at radius 1 is 1.05 bits per heavy atom. The highest BCUT2D eigenvalue weighted by atomic mass is 16.5. The SMILES string of the molecule is CCOC(=O)C=C(C(=O)OCC)c1ccc(C)cc1. The third-order valence-corrected chi connectivity index (χ3v) is 2.41. The normalized spacial score (nSPS) is 11.0. The predicted molar refractivity (Wildman–Crippen MR) is 72.4 cm³/mol. The Hall–Kier alpha value is -2.10. The molecule has 102 valence electrons. The summed E-state index contributed by atoms with van der Waals surface area (Å²) in [7, 11) is 0. The van der Waals surface area contributed by atoms with Crippen LogP contribution >= 0.6 is 0 Å². The minimum absolute atomic E-state index is 0.209. The smallest absolute Gasteiger partial charge is 0.338 e. The summed E-state index contributed by atoms with van der Waals surface area (Å²) in [4.78, 5) is 23.4. The molecule has 19 heavy (non-hydrogen) atoms. The summed E-state index contributed by atoms with van der Waals surface area (Å²) < 4.78 is 9.78. The Labute approximate surface area is 113 Å². The molecule has 0 aliphatic carbocycles. The van der Waals surface area contributed by atoms with Crippen molar-refractivity contribution in [1.82, 2.24) is 0 Å². The van der Waals surface area contributed by atoms with E-state index in [1.54, 1.807) is 26.0 Å². The van der Waals surface area contributed by atoms with Gasteiger partial charge in [0, 0.05) is 6.08 Å². The first-order chi connectivity index (χ1) is 9.08. The highest BCUT2D eigenvalue weighted by Crippen LogP contribution is 2.17. The number of esters is 2. The number of carbonyl (C=O) groups excluding carboxylic acids is 2. The minimum atomic E-state index is -0.550. The van der Waals surface area contributed by atoms with Gasteiger partial charge in [0.15, 0.2) is 0 Å². The second kappa shape index (κ2) is 7.36. The largest absolute Gasteiger partial charge is 0.463 e. The number of rotatable bonds is 5. The van der Waals surface area contributed by atoms with Crippen LogP contribution in [-0.2, 0) is 19.1 Å². The Morgan fingerprint density at radius 3 is 2.16 bits per heavy atom. The zero-order valence-electron chi connectivity index (χ0n) is 11.4. The van der Waals surface area contributed by atoms with Gasteiger partial charge < -0.3 is 9.47 Å². The number of carbonyl (C=O) groups is 2. The van der Waals surface area contributed by atoms with E-state index in [-0.39, 0.29) is 18.8 Å². The molecule has 0 saturated heterocycles. The topological polar surface area (TPSA) is 52.6 Å². The predicted octanol–water partition coefficient (Wildman–Crippen LogP) is 2.50. The zero-order valence-corrected chi connectivity index (χ0v) is 11.4. The van der Waals surface area contributed by atoms with Crippen molar-refractivity contribution < 1.29 is 19.1 Å². The summed E-state index contributed by atoms with van der Waals surface area (Å²) in [6.07, 6.45) is 1.17. The Balaban J connectivity index is 3.08. The molecule has 0 fully saturated rings. The second-order valence-corrected chi connectivity index (χ2v) is 3.90. The molecule has 1 aromatic rings. The van der Waals surface area contributed by atoms with Crippen molar-refractivity contribution >= 4 is 17.5 Å². The van der Waals surface area contributed by atoms with Crippen LogP contribution in [0.15, 0.2) is 30.3 Å². The molecule has 0 aromatic heterocycles. The van der Waals surface area contributed by atoms with E-state index in [1.165, 1.54) is 6.08 Å². The Bertz CT molecular complexity index is 471. The molecule has 0 unspecified atom stereocenters. The molecule has 4 heteroatoms. The van der Waals surface area contributed by atoms with Gasteiger partial charge in [-0.1, -0.05) is 29.8 Å². The highest BCUT2D eigenvalue weighted by molar-refractivity contribution is 6.20. The van der Waals surface area contributed by atoms with Crippen LogP contribution in [0.2, 0.25) is 0 Å².